The molecule has 2 N–H and O–H groups in total. The second-order valence-electron chi connectivity index (χ2n) is 2.54. The molecule has 0 heterocycles. The van der Waals surface area contributed by atoms with Gasteiger partial charge in [-0.15, -0.1) is 23.2 Å². The van der Waals surface area contributed by atoms with Gasteiger partial charge in [-0.2, -0.15) is 13.2 Å². The van der Waals surface area contributed by atoms with Crippen molar-refractivity contribution in [3.8, 4) is 0 Å². The van der Waals surface area contributed by atoms with Crippen LogP contribution in [0.4, 0.5) is 13.2 Å². The van der Waals surface area contributed by atoms with Crippen molar-refractivity contribution in [3.05, 3.63) is 35.4 Å². The van der Waals surface area contributed by atoms with Crippen LogP contribution in [0.25, 0.3) is 0 Å². The molecule has 0 spiro atoms. The third-order valence-corrected chi connectivity index (χ3v) is 1.47. The minimum absolute atomic E-state index is 0.144. The molecule has 0 saturated heterocycles. The van der Waals surface area contributed by atoms with E-state index in [1.165, 1.54) is 6.07 Å². The molecule has 0 aliphatic heterocycles. The number of benzene rings is 1. The van der Waals surface area contributed by atoms with Crippen molar-refractivity contribution in [2.75, 3.05) is 5.34 Å². The molecule has 16 heavy (non-hydrogen) atoms. The second kappa shape index (κ2) is 6.60. The molecule has 1 aromatic rings. The van der Waals surface area contributed by atoms with Gasteiger partial charge in [0.25, 0.3) is 0 Å². The molecule has 0 aliphatic carbocycles. The standard InChI is InChI=1S/C8H6F3NO.CH2Cl2/c9-8(10,11)6-3-1-2-5(4-6)7(12)13;2-1-3/h1-4H,(H2,12,13);1H2. The predicted molar refractivity (Wildman–Crippen MR) is 56.5 cm³/mol. The Kier molecular flexibility index (Phi) is 6.21. The van der Waals surface area contributed by atoms with Crippen molar-refractivity contribution in [1.29, 1.82) is 0 Å². The van der Waals surface area contributed by atoms with Gasteiger partial charge in [0.05, 0.1) is 10.9 Å². The lowest BCUT2D eigenvalue weighted by Crippen LogP contribution is -2.13. The maximum Gasteiger partial charge on any atom is 0.416 e. The van der Waals surface area contributed by atoms with Crippen molar-refractivity contribution in [1.82, 2.24) is 0 Å². The number of carbonyl (C=O) groups excluding carboxylic acids is 1. The summed E-state index contributed by atoms with van der Waals surface area (Å²) >= 11 is 9.53. The molecule has 0 aliphatic rings. The highest BCUT2D eigenvalue weighted by Crippen LogP contribution is 2.29. The fourth-order valence-corrected chi connectivity index (χ4v) is 0.849. The maximum absolute atomic E-state index is 12.1. The van der Waals surface area contributed by atoms with Crippen LogP contribution in [-0.2, 0) is 6.18 Å². The van der Waals surface area contributed by atoms with Gasteiger partial charge in [-0.05, 0) is 18.2 Å². The number of hydrogen-bond donors (Lipinski definition) is 1. The van der Waals surface area contributed by atoms with E-state index >= 15 is 0 Å². The Morgan fingerprint density at radius 3 is 2.19 bits per heavy atom. The number of alkyl halides is 5. The Morgan fingerprint density at radius 1 is 1.31 bits per heavy atom. The summed E-state index contributed by atoms with van der Waals surface area (Å²) in [7, 11) is 0. The third kappa shape index (κ3) is 5.23. The molecule has 0 bridgehead atoms. The van der Waals surface area contributed by atoms with E-state index in [2.05, 4.69) is 0 Å². The number of nitrogens with two attached hydrogens (primary N) is 1. The molecular weight excluding hydrogens is 266 g/mol. The number of primary amides is 1. The van der Waals surface area contributed by atoms with Crippen LogP contribution in [0.5, 0.6) is 0 Å². The van der Waals surface area contributed by atoms with E-state index in [1.54, 1.807) is 0 Å². The Labute approximate surface area is 100 Å². The summed E-state index contributed by atoms with van der Waals surface area (Å²) in [6.07, 6.45) is -4.44. The smallest absolute Gasteiger partial charge is 0.366 e. The lowest BCUT2D eigenvalue weighted by atomic mass is 10.1. The summed E-state index contributed by atoms with van der Waals surface area (Å²) in [6.45, 7) is 0. The lowest BCUT2D eigenvalue weighted by Gasteiger charge is -2.06. The van der Waals surface area contributed by atoms with Crippen molar-refractivity contribution in [2.24, 2.45) is 5.73 Å². The fraction of sp³-hybridized carbons (Fsp3) is 0.222. The van der Waals surface area contributed by atoms with Crippen LogP contribution in [0.3, 0.4) is 0 Å². The normalized spacial score (nSPS) is 10.3. The summed E-state index contributed by atoms with van der Waals surface area (Å²) in [5, 5.41) is 0.194. The molecule has 0 aromatic heterocycles. The summed E-state index contributed by atoms with van der Waals surface area (Å²) in [5.41, 5.74) is 3.80. The number of hydrogen-bond acceptors (Lipinski definition) is 1. The number of rotatable bonds is 1. The molecule has 1 aromatic carbocycles. The van der Waals surface area contributed by atoms with Crippen molar-refractivity contribution in [2.45, 2.75) is 6.18 Å². The highest BCUT2D eigenvalue weighted by Gasteiger charge is 2.30. The summed E-state index contributed by atoms with van der Waals surface area (Å²) in [5.74, 6) is -0.869. The minimum atomic E-state index is -4.44. The zero-order valence-corrected chi connectivity index (χ0v) is 9.40. The number of carbonyl (C=O) groups is 1. The zero-order chi connectivity index (χ0) is 12.8. The largest absolute Gasteiger partial charge is 0.416 e. The fourth-order valence-electron chi connectivity index (χ4n) is 0.849. The van der Waals surface area contributed by atoms with Gasteiger partial charge in [0, 0.05) is 5.56 Å². The van der Waals surface area contributed by atoms with Crippen LogP contribution in [-0.4, -0.2) is 11.2 Å². The summed E-state index contributed by atoms with van der Waals surface area (Å²) < 4.78 is 36.2. The van der Waals surface area contributed by atoms with Gasteiger partial charge in [0.15, 0.2) is 0 Å². The first-order valence-corrected chi connectivity index (χ1v) is 4.98. The topological polar surface area (TPSA) is 43.1 Å². The third-order valence-electron chi connectivity index (χ3n) is 1.47. The van der Waals surface area contributed by atoms with E-state index < -0.39 is 17.6 Å². The highest BCUT2D eigenvalue weighted by atomic mass is 35.5. The van der Waals surface area contributed by atoms with E-state index in [1.807, 2.05) is 0 Å². The van der Waals surface area contributed by atoms with E-state index in [-0.39, 0.29) is 10.9 Å². The molecule has 7 heteroatoms. The van der Waals surface area contributed by atoms with E-state index in [9.17, 15) is 18.0 Å². The van der Waals surface area contributed by atoms with E-state index in [4.69, 9.17) is 28.9 Å². The molecule has 90 valence electrons. The lowest BCUT2D eigenvalue weighted by molar-refractivity contribution is -0.137. The average molecular weight is 274 g/mol. The van der Waals surface area contributed by atoms with Crippen molar-refractivity contribution >= 4 is 29.1 Å². The van der Waals surface area contributed by atoms with Crippen LogP contribution >= 0.6 is 23.2 Å². The Hall–Kier alpha value is -0.940. The van der Waals surface area contributed by atoms with Gasteiger partial charge in [-0.3, -0.25) is 4.79 Å². The van der Waals surface area contributed by atoms with Gasteiger partial charge in [-0.1, -0.05) is 6.07 Å². The predicted octanol–water partition coefficient (Wildman–Crippen LogP) is 3.23. The Morgan fingerprint density at radius 2 is 1.81 bits per heavy atom. The highest BCUT2D eigenvalue weighted by molar-refractivity contribution is 6.40. The molecule has 0 radical (unpaired) electrons. The van der Waals surface area contributed by atoms with Gasteiger partial charge in [0.2, 0.25) is 5.91 Å². The monoisotopic (exact) mass is 273 g/mol. The van der Waals surface area contributed by atoms with Crippen LogP contribution in [0.1, 0.15) is 15.9 Å². The van der Waals surface area contributed by atoms with Gasteiger partial charge in [0.1, 0.15) is 0 Å². The molecule has 0 atom stereocenters. The Bertz CT molecular complexity index is 355. The summed E-state index contributed by atoms with van der Waals surface area (Å²) in [4.78, 5) is 10.5. The number of halogens is 5. The number of amides is 1. The first kappa shape index (κ1) is 15.1. The van der Waals surface area contributed by atoms with E-state index in [0.29, 0.717) is 0 Å². The van der Waals surface area contributed by atoms with Gasteiger partial charge >= 0.3 is 6.18 Å². The van der Waals surface area contributed by atoms with Crippen LogP contribution < -0.4 is 5.73 Å². The maximum atomic E-state index is 12.1. The van der Waals surface area contributed by atoms with Gasteiger partial charge < -0.3 is 5.73 Å². The van der Waals surface area contributed by atoms with Gasteiger partial charge in [-0.25, -0.2) is 0 Å². The van der Waals surface area contributed by atoms with E-state index in [0.717, 1.165) is 18.2 Å². The summed E-state index contributed by atoms with van der Waals surface area (Å²) in [6, 6.07) is 3.98. The molecule has 0 saturated carbocycles. The quantitative estimate of drug-likeness (QED) is 0.785. The molecule has 1 rings (SSSR count). The zero-order valence-electron chi connectivity index (χ0n) is 7.89. The Balaban J connectivity index is 0.000000673. The van der Waals surface area contributed by atoms with Crippen molar-refractivity contribution < 1.29 is 18.0 Å². The SMILES string of the molecule is ClCCl.NC(=O)c1cccc(C(F)(F)F)c1. The first-order chi connectivity index (χ1) is 7.32. The van der Waals surface area contributed by atoms with Crippen LogP contribution in [0.2, 0.25) is 0 Å². The minimum Gasteiger partial charge on any atom is -0.366 e. The molecule has 0 unspecified atom stereocenters. The molecule has 1 amide bonds. The van der Waals surface area contributed by atoms with Crippen LogP contribution in [0, 0.1) is 0 Å². The van der Waals surface area contributed by atoms with Crippen molar-refractivity contribution in [3.63, 3.8) is 0 Å². The second-order valence-corrected chi connectivity index (χ2v) is 3.35. The first-order valence-electron chi connectivity index (χ1n) is 3.92. The molecule has 2 nitrogen and oxygen atoms in total. The molecule has 0 fully saturated rings. The average Bonchev–Trinajstić information content (AvgIpc) is 2.18. The molecular formula is C9H8Cl2F3NO. The van der Waals surface area contributed by atoms with Crippen LogP contribution in [0.15, 0.2) is 24.3 Å².